The van der Waals surface area contributed by atoms with Crippen LogP contribution in [0.3, 0.4) is 0 Å². The van der Waals surface area contributed by atoms with Crippen LogP contribution < -0.4 is 10.2 Å². The number of anilines is 1. The number of likely N-dealkylation sites (N-methyl/N-ethyl adjacent to an activating group) is 1. The highest BCUT2D eigenvalue weighted by Crippen LogP contribution is 2.20. The van der Waals surface area contributed by atoms with E-state index < -0.39 is 0 Å². The number of hydrogen-bond acceptors (Lipinski definition) is 7. The Kier molecular flexibility index (Phi) is 9.08. The monoisotopic (exact) mass is 533 g/mol. The number of aryl methyl sites for hydroxylation is 2. The minimum Gasteiger partial charge on any atom is -0.354 e. The number of hydrogen-bond donors (Lipinski definition) is 1. The Hall–Kier alpha value is -1.47. The molecule has 9 nitrogen and oxygen atoms in total. The summed E-state index contributed by atoms with van der Waals surface area (Å²) in [7, 11) is 7.98. The summed E-state index contributed by atoms with van der Waals surface area (Å²) in [6, 6.07) is 0.237. The molecule has 1 atom stereocenters. The first-order valence-corrected chi connectivity index (χ1v) is 10.5. The fourth-order valence-corrected chi connectivity index (χ4v) is 4.16. The zero-order chi connectivity index (χ0) is 20.1. The number of aromatic nitrogens is 4. The summed E-state index contributed by atoms with van der Waals surface area (Å²) in [4.78, 5) is 16.0. The van der Waals surface area contributed by atoms with Crippen molar-refractivity contribution < 1.29 is 0 Å². The number of nitrogens with zero attached hydrogens (tertiary/aromatic N) is 8. The van der Waals surface area contributed by atoms with Crippen molar-refractivity contribution in [3.8, 4) is 0 Å². The van der Waals surface area contributed by atoms with Crippen molar-refractivity contribution in [2.45, 2.75) is 19.4 Å². The molecule has 0 aromatic carbocycles. The Morgan fingerprint density at radius 2 is 2.03 bits per heavy atom. The molecule has 1 saturated heterocycles. The number of nitrogens with one attached hydrogen (secondary N) is 1. The van der Waals surface area contributed by atoms with E-state index >= 15 is 0 Å². The van der Waals surface area contributed by atoms with Crippen molar-refractivity contribution >= 4 is 46.6 Å². The third kappa shape index (κ3) is 6.01. The molecule has 0 aliphatic carbocycles. The molecule has 1 fully saturated rings. The van der Waals surface area contributed by atoms with Gasteiger partial charge in [-0.25, -0.2) is 4.98 Å². The van der Waals surface area contributed by atoms with E-state index in [4.69, 9.17) is 0 Å². The summed E-state index contributed by atoms with van der Waals surface area (Å²) in [5.74, 6) is 1.88. The van der Waals surface area contributed by atoms with Gasteiger partial charge in [0.2, 0.25) is 5.13 Å². The first-order valence-electron chi connectivity index (χ1n) is 9.70. The van der Waals surface area contributed by atoms with Crippen molar-refractivity contribution in [3.05, 3.63) is 23.8 Å². The van der Waals surface area contributed by atoms with Gasteiger partial charge in [-0.3, -0.25) is 9.67 Å². The Labute approximate surface area is 194 Å². The van der Waals surface area contributed by atoms with Crippen LogP contribution >= 0.6 is 35.5 Å². The predicted octanol–water partition coefficient (Wildman–Crippen LogP) is 1.45. The highest BCUT2D eigenvalue weighted by Gasteiger charge is 2.23. The van der Waals surface area contributed by atoms with Gasteiger partial charge in [0, 0.05) is 76.5 Å². The Morgan fingerprint density at radius 1 is 1.31 bits per heavy atom. The van der Waals surface area contributed by atoms with E-state index in [-0.39, 0.29) is 30.0 Å². The van der Waals surface area contributed by atoms with E-state index in [1.165, 1.54) is 17.1 Å². The fraction of sp³-hybridized carbons (Fsp3) is 0.667. The lowest BCUT2D eigenvalue weighted by molar-refractivity contribution is 0.292. The molecule has 2 aromatic rings. The predicted molar refractivity (Wildman–Crippen MR) is 129 cm³/mol. The van der Waals surface area contributed by atoms with Crippen molar-refractivity contribution in [1.29, 1.82) is 0 Å². The molecular weight excluding hydrogens is 501 g/mol. The Morgan fingerprint density at radius 3 is 2.55 bits per heavy atom. The van der Waals surface area contributed by atoms with Gasteiger partial charge in [-0.2, -0.15) is 9.47 Å². The van der Waals surface area contributed by atoms with E-state index in [0.717, 1.165) is 56.1 Å². The fourth-order valence-electron chi connectivity index (χ4n) is 3.36. The van der Waals surface area contributed by atoms with Crippen LogP contribution in [0.15, 0.2) is 17.4 Å². The van der Waals surface area contributed by atoms with Gasteiger partial charge in [-0.15, -0.1) is 24.0 Å². The van der Waals surface area contributed by atoms with Crippen molar-refractivity contribution in [3.63, 3.8) is 0 Å². The molecule has 2 aromatic heterocycles. The third-order valence-electron chi connectivity index (χ3n) is 5.02. The van der Waals surface area contributed by atoms with Crippen LogP contribution in [0.1, 0.15) is 24.4 Å². The minimum atomic E-state index is 0. The molecule has 162 valence electrons. The summed E-state index contributed by atoms with van der Waals surface area (Å²) >= 11 is 1.50. The summed E-state index contributed by atoms with van der Waals surface area (Å²) in [5.41, 5.74) is 1.20. The van der Waals surface area contributed by atoms with Crippen LogP contribution in [0.5, 0.6) is 0 Å². The maximum atomic E-state index is 4.61. The highest BCUT2D eigenvalue weighted by molar-refractivity contribution is 14.0. The molecule has 0 spiro atoms. The van der Waals surface area contributed by atoms with E-state index in [9.17, 15) is 0 Å². The van der Waals surface area contributed by atoms with Crippen LogP contribution in [-0.4, -0.2) is 88.8 Å². The lowest BCUT2D eigenvalue weighted by Gasteiger charge is -2.36. The Bertz CT molecular complexity index is 780. The van der Waals surface area contributed by atoms with Crippen molar-refractivity contribution in [2.24, 2.45) is 12.0 Å². The molecule has 1 N–H and O–H groups in total. The van der Waals surface area contributed by atoms with E-state index in [2.05, 4.69) is 66.7 Å². The third-order valence-corrected chi connectivity index (χ3v) is 5.84. The summed E-state index contributed by atoms with van der Waals surface area (Å²) in [5, 5.41) is 8.89. The first kappa shape index (κ1) is 23.8. The molecule has 0 radical (unpaired) electrons. The topological polar surface area (TPSA) is 77.7 Å². The molecule has 11 heteroatoms. The van der Waals surface area contributed by atoms with Crippen LogP contribution in [0.4, 0.5) is 5.13 Å². The van der Waals surface area contributed by atoms with Crippen LogP contribution in [0, 0.1) is 0 Å². The van der Waals surface area contributed by atoms with Gasteiger partial charge >= 0.3 is 0 Å². The normalized spacial score (nSPS) is 16.1. The quantitative estimate of drug-likeness (QED) is 0.342. The van der Waals surface area contributed by atoms with Gasteiger partial charge in [0.1, 0.15) is 5.82 Å². The lowest BCUT2D eigenvalue weighted by Crippen LogP contribution is -2.53. The maximum absolute atomic E-state index is 4.61. The molecule has 1 aliphatic heterocycles. The van der Waals surface area contributed by atoms with E-state index in [0.29, 0.717) is 0 Å². The summed E-state index contributed by atoms with van der Waals surface area (Å²) < 4.78 is 6.25. The molecule has 29 heavy (non-hydrogen) atoms. The van der Waals surface area contributed by atoms with Crippen LogP contribution in [0.2, 0.25) is 0 Å². The number of piperazine rings is 1. The number of rotatable bonds is 6. The summed E-state index contributed by atoms with van der Waals surface area (Å²) in [6.07, 6.45) is 4.89. The second-order valence-corrected chi connectivity index (χ2v) is 7.91. The average molecular weight is 533 g/mol. The largest absolute Gasteiger partial charge is 0.354 e. The van der Waals surface area contributed by atoms with E-state index in [1.807, 2.05) is 25.0 Å². The molecule has 1 aliphatic rings. The summed E-state index contributed by atoms with van der Waals surface area (Å²) in [6.45, 7) is 6.56. The molecule has 0 bridgehead atoms. The van der Waals surface area contributed by atoms with Gasteiger partial charge in [0.25, 0.3) is 0 Å². The number of guanidine groups is 1. The second-order valence-electron chi connectivity index (χ2n) is 7.18. The molecule has 3 rings (SSSR count). The molecule has 0 saturated carbocycles. The van der Waals surface area contributed by atoms with Crippen LogP contribution in [-0.2, 0) is 13.5 Å². The number of aliphatic imine (C=N–C) groups is 1. The zero-order valence-corrected chi connectivity index (χ0v) is 21.0. The van der Waals surface area contributed by atoms with Crippen molar-refractivity contribution in [1.82, 2.24) is 34.3 Å². The standard InChI is InChI=1S/C18H31N9S.HI/c1-6-16-22-18(28-23-16)27-9-7-26(8-10-27)17(19-2)20-12-15(24(3)4)14-11-21-25(5)13-14;/h11,13,15H,6-10,12H2,1-5H3,(H,19,20);1H. The van der Waals surface area contributed by atoms with Gasteiger partial charge in [0.15, 0.2) is 5.96 Å². The maximum Gasteiger partial charge on any atom is 0.205 e. The second kappa shape index (κ2) is 11.1. The molecular formula is C18H32IN9S. The van der Waals surface area contributed by atoms with E-state index in [1.54, 1.807) is 0 Å². The van der Waals surface area contributed by atoms with Crippen LogP contribution in [0.25, 0.3) is 0 Å². The SMILES string of the molecule is CCc1nsc(N2CCN(C(=NC)NCC(c3cnn(C)c3)N(C)C)CC2)n1.I. The molecule has 0 amide bonds. The Balaban J connectivity index is 0.00000300. The zero-order valence-electron chi connectivity index (χ0n) is 17.9. The molecule has 1 unspecified atom stereocenters. The minimum absolute atomic E-state index is 0. The first-order chi connectivity index (χ1) is 13.5. The highest BCUT2D eigenvalue weighted by atomic mass is 127. The van der Waals surface area contributed by atoms with Gasteiger partial charge in [-0.05, 0) is 14.1 Å². The average Bonchev–Trinajstić information content (AvgIpc) is 3.34. The number of halogens is 1. The van der Waals surface area contributed by atoms with Gasteiger partial charge in [-0.1, -0.05) is 6.92 Å². The van der Waals surface area contributed by atoms with Gasteiger partial charge in [0.05, 0.1) is 12.2 Å². The van der Waals surface area contributed by atoms with Crippen molar-refractivity contribution in [2.75, 3.05) is 58.8 Å². The lowest BCUT2D eigenvalue weighted by atomic mass is 10.1. The van der Waals surface area contributed by atoms with Gasteiger partial charge < -0.3 is 20.0 Å². The molecule has 3 heterocycles. The smallest absolute Gasteiger partial charge is 0.205 e.